The Balaban J connectivity index is 2.38. The topological polar surface area (TPSA) is 53.4 Å². The molecule has 0 saturated heterocycles. The fourth-order valence-electron chi connectivity index (χ4n) is 2.34. The fraction of sp³-hybridized carbons (Fsp3) is 0.375. The molecule has 0 aliphatic rings. The minimum Gasteiger partial charge on any atom is -0.480 e. The number of carboxylic acids is 1. The van der Waals surface area contributed by atoms with Crippen LogP contribution in [0, 0.1) is 6.92 Å². The molecule has 4 nitrogen and oxygen atoms in total. The average Bonchev–Trinajstić information content (AvgIpc) is 2.37. The van der Waals surface area contributed by atoms with Crippen molar-refractivity contribution in [3.05, 3.63) is 41.6 Å². The molecule has 0 radical (unpaired) electrons. The van der Waals surface area contributed by atoms with Gasteiger partial charge in [0.1, 0.15) is 0 Å². The molecule has 0 amide bonds. The molecule has 0 bridgehead atoms. The number of hydrogen-bond acceptors (Lipinski definition) is 3. The van der Waals surface area contributed by atoms with Crippen molar-refractivity contribution in [2.45, 2.75) is 33.4 Å². The fourth-order valence-corrected chi connectivity index (χ4v) is 2.34. The van der Waals surface area contributed by atoms with Gasteiger partial charge in [-0.25, -0.2) is 0 Å². The molecule has 2 aromatic rings. The quantitative estimate of drug-likeness (QED) is 0.909. The van der Waals surface area contributed by atoms with Gasteiger partial charge in [-0.05, 0) is 38.5 Å². The Morgan fingerprint density at radius 3 is 2.70 bits per heavy atom. The van der Waals surface area contributed by atoms with E-state index in [1.807, 2.05) is 56.0 Å². The highest BCUT2D eigenvalue weighted by molar-refractivity contribution is 5.82. The van der Waals surface area contributed by atoms with E-state index in [4.69, 9.17) is 5.11 Å². The van der Waals surface area contributed by atoms with Crippen molar-refractivity contribution < 1.29 is 9.90 Å². The molecule has 0 saturated carbocycles. The van der Waals surface area contributed by atoms with Crippen LogP contribution >= 0.6 is 0 Å². The highest BCUT2D eigenvalue weighted by Gasteiger charge is 2.15. The van der Waals surface area contributed by atoms with Crippen LogP contribution in [0.5, 0.6) is 0 Å². The van der Waals surface area contributed by atoms with Crippen molar-refractivity contribution in [2.75, 3.05) is 6.54 Å². The third kappa shape index (κ3) is 3.33. The van der Waals surface area contributed by atoms with Gasteiger partial charge in [0.25, 0.3) is 0 Å². The predicted octanol–water partition coefficient (Wildman–Crippen LogP) is 2.84. The lowest BCUT2D eigenvalue weighted by Gasteiger charge is -2.25. The van der Waals surface area contributed by atoms with Gasteiger partial charge >= 0.3 is 5.97 Å². The summed E-state index contributed by atoms with van der Waals surface area (Å²) in [5.41, 5.74) is 3.04. The molecule has 1 aromatic carbocycles. The lowest BCUT2D eigenvalue weighted by Crippen LogP contribution is -2.35. The van der Waals surface area contributed by atoms with Crippen LogP contribution in [-0.2, 0) is 11.3 Å². The molecule has 20 heavy (non-hydrogen) atoms. The maximum Gasteiger partial charge on any atom is 0.317 e. The molecular formula is C16H20N2O2. The van der Waals surface area contributed by atoms with E-state index in [1.54, 1.807) is 0 Å². The number of aliphatic carboxylic acids is 1. The number of fused-ring (bicyclic) bond motifs is 1. The monoisotopic (exact) mass is 272 g/mol. The van der Waals surface area contributed by atoms with Crippen LogP contribution in [0.25, 0.3) is 10.9 Å². The van der Waals surface area contributed by atoms with E-state index in [1.165, 1.54) is 0 Å². The summed E-state index contributed by atoms with van der Waals surface area (Å²) in [6, 6.07) is 10.2. The number of hydrogen-bond donors (Lipinski definition) is 1. The second-order valence-electron chi connectivity index (χ2n) is 5.33. The number of rotatable bonds is 5. The number of pyridine rings is 1. The zero-order chi connectivity index (χ0) is 14.7. The summed E-state index contributed by atoms with van der Waals surface area (Å²) in [5, 5.41) is 10.1. The van der Waals surface area contributed by atoms with Gasteiger partial charge in [0.2, 0.25) is 0 Å². The van der Waals surface area contributed by atoms with Crippen molar-refractivity contribution in [3.8, 4) is 0 Å². The van der Waals surface area contributed by atoms with Crippen LogP contribution in [0.3, 0.4) is 0 Å². The predicted molar refractivity (Wildman–Crippen MR) is 79.7 cm³/mol. The van der Waals surface area contributed by atoms with E-state index in [0.29, 0.717) is 6.54 Å². The first-order valence-corrected chi connectivity index (χ1v) is 6.78. The number of aryl methyl sites for hydroxylation is 1. The number of carboxylic acid groups (broad SMARTS) is 1. The van der Waals surface area contributed by atoms with Gasteiger partial charge in [0.05, 0.1) is 12.1 Å². The molecule has 1 N–H and O–H groups in total. The summed E-state index contributed by atoms with van der Waals surface area (Å²) >= 11 is 0. The van der Waals surface area contributed by atoms with Gasteiger partial charge in [-0.3, -0.25) is 14.7 Å². The van der Waals surface area contributed by atoms with E-state index >= 15 is 0 Å². The third-order valence-electron chi connectivity index (χ3n) is 3.37. The Bertz CT molecular complexity index is 623. The van der Waals surface area contributed by atoms with E-state index in [2.05, 4.69) is 4.98 Å². The molecule has 2 rings (SSSR count). The van der Waals surface area contributed by atoms with Gasteiger partial charge in [0, 0.05) is 23.7 Å². The second kappa shape index (κ2) is 6.01. The van der Waals surface area contributed by atoms with E-state index in [0.717, 1.165) is 22.2 Å². The Morgan fingerprint density at radius 2 is 2.05 bits per heavy atom. The zero-order valence-corrected chi connectivity index (χ0v) is 12.1. The smallest absolute Gasteiger partial charge is 0.317 e. The first-order valence-electron chi connectivity index (χ1n) is 6.78. The molecule has 0 aliphatic heterocycles. The minimum atomic E-state index is -0.797. The number of benzene rings is 1. The summed E-state index contributed by atoms with van der Waals surface area (Å²) in [4.78, 5) is 17.4. The highest BCUT2D eigenvalue weighted by atomic mass is 16.4. The molecule has 0 aliphatic carbocycles. The largest absolute Gasteiger partial charge is 0.480 e. The van der Waals surface area contributed by atoms with Crippen LogP contribution < -0.4 is 0 Å². The van der Waals surface area contributed by atoms with Gasteiger partial charge in [-0.1, -0.05) is 18.2 Å². The van der Waals surface area contributed by atoms with Gasteiger partial charge in [-0.15, -0.1) is 0 Å². The summed E-state index contributed by atoms with van der Waals surface area (Å²) < 4.78 is 0. The van der Waals surface area contributed by atoms with Gasteiger partial charge in [0.15, 0.2) is 0 Å². The van der Waals surface area contributed by atoms with E-state index in [9.17, 15) is 4.79 Å². The number of nitrogens with zero attached hydrogens (tertiary/aromatic N) is 2. The van der Waals surface area contributed by atoms with Crippen LogP contribution in [0.2, 0.25) is 0 Å². The van der Waals surface area contributed by atoms with Crippen molar-refractivity contribution >= 4 is 16.9 Å². The Kier molecular flexibility index (Phi) is 4.35. The SMILES string of the molecule is Cc1cc(CN(CC(=O)O)C(C)C)c2ccccc2n1. The Hall–Kier alpha value is -1.94. The maximum absolute atomic E-state index is 11.0. The normalized spacial score (nSPS) is 11.4. The van der Waals surface area contributed by atoms with Crippen molar-refractivity contribution in [1.29, 1.82) is 0 Å². The molecule has 0 atom stereocenters. The summed E-state index contributed by atoms with van der Waals surface area (Å²) in [7, 11) is 0. The molecule has 106 valence electrons. The molecule has 0 unspecified atom stereocenters. The van der Waals surface area contributed by atoms with Gasteiger partial charge < -0.3 is 5.11 Å². The van der Waals surface area contributed by atoms with Crippen molar-refractivity contribution in [2.24, 2.45) is 0 Å². The van der Waals surface area contributed by atoms with Gasteiger partial charge in [-0.2, -0.15) is 0 Å². The minimum absolute atomic E-state index is 0.0490. The molecule has 1 aromatic heterocycles. The molecule has 1 heterocycles. The first-order chi connectivity index (χ1) is 9.47. The molecular weight excluding hydrogens is 252 g/mol. The Morgan fingerprint density at radius 1 is 1.35 bits per heavy atom. The highest BCUT2D eigenvalue weighted by Crippen LogP contribution is 2.20. The number of carbonyl (C=O) groups is 1. The average molecular weight is 272 g/mol. The van der Waals surface area contributed by atoms with Crippen molar-refractivity contribution in [1.82, 2.24) is 9.88 Å². The van der Waals surface area contributed by atoms with Crippen LogP contribution in [-0.4, -0.2) is 33.5 Å². The molecule has 0 fully saturated rings. The third-order valence-corrected chi connectivity index (χ3v) is 3.37. The Labute approximate surface area is 119 Å². The van der Waals surface area contributed by atoms with Crippen molar-refractivity contribution in [3.63, 3.8) is 0 Å². The van der Waals surface area contributed by atoms with Crippen LogP contribution in [0.1, 0.15) is 25.1 Å². The van der Waals surface area contributed by atoms with Crippen LogP contribution in [0.15, 0.2) is 30.3 Å². The second-order valence-corrected chi connectivity index (χ2v) is 5.33. The lowest BCUT2D eigenvalue weighted by atomic mass is 10.1. The van der Waals surface area contributed by atoms with E-state index < -0.39 is 5.97 Å². The maximum atomic E-state index is 11.0. The lowest BCUT2D eigenvalue weighted by molar-refractivity contribution is -0.138. The summed E-state index contributed by atoms with van der Waals surface area (Å²) in [6.07, 6.45) is 0. The van der Waals surface area contributed by atoms with Crippen LogP contribution in [0.4, 0.5) is 0 Å². The molecule has 4 heteroatoms. The number of para-hydroxylation sites is 1. The molecule has 0 spiro atoms. The zero-order valence-electron chi connectivity index (χ0n) is 12.1. The first kappa shape index (κ1) is 14.5. The standard InChI is InChI=1S/C16H20N2O2/c1-11(2)18(10-16(19)20)9-13-8-12(3)17-15-7-5-4-6-14(13)15/h4-8,11H,9-10H2,1-3H3,(H,19,20). The summed E-state index contributed by atoms with van der Waals surface area (Å²) in [5.74, 6) is -0.797. The summed E-state index contributed by atoms with van der Waals surface area (Å²) in [6.45, 7) is 6.66. The number of aromatic nitrogens is 1. The van der Waals surface area contributed by atoms with E-state index in [-0.39, 0.29) is 12.6 Å².